The summed E-state index contributed by atoms with van der Waals surface area (Å²) in [6, 6.07) is 0. The van der Waals surface area contributed by atoms with Crippen LogP contribution in [0, 0.1) is 6.92 Å². The fourth-order valence-electron chi connectivity index (χ4n) is 0.942. The first-order valence-electron chi connectivity index (χ1n) is 4.40. The molecular formula is C9H13N5O. The zero-order valence-electron chi connectivity index (χ0n) is 8.96. The second-order valence-electron chi connectivity index (χ2n) is 3.12. The van der Waals surface area contributed by atoms with E-state index < -0.39 is 0 Å². The minimum absolute atomic E-state index is 0.220. The van der Waals surface area contributed by atoms with Crippen molar-refractivity contribution >= 4 is 17.8 Å². The molecule has 0 fully saturated rings. The summed E-state index contributed by atoms with van der Waals surface area (Å²) in [5.74, 6) is 0.914. The van der Waals surface area contributed by atoms with Crippen molar-refractivity contribution < 1.29 is 4.79 Å². The molecule has 0 saturated heterocycles. The molecule has 1 heterocycles. The van der Waals surface area contributed by atoms with Gasteiger partial charge in [0.2, 0.25) is 17.8 Å². The Labute approximate surface area is 87.9 Å². The molecular weight excluding hydrogens is 194 g/mol. The quantitative estimate of drug-likeness (QED) is 0.775. The van der Waals surface area contributed by atoms with Crippen molar-refractivity contribution in [3.63, 3.8) is 0 Å². The topological polar surface area (TPSA) is 79.8 Å². The largest absolute Gasteiger partial charge is 0.329 e. The van der Waals surface area contributed by atoms with Crippen molar-refractivity contribution in [3.05, 3.63) is 18.1 Å². The maximum Gasteiger partial charge on any atom is 0.234 e. The second-order valence-corrected chi connectivity index (χ2v) is 3.12. The van der Waals surface area contributed by atoms with E-state index in [0.717, 1.165) is 5.70 Å². The van der Waals surface area contributed by atoms with Gasteiger partial charge in [0, 0.05) is 12.6 Å². The number of aromatic nitrogens is 3. The van der Waals surface area contributed by atoms with Gasteiger partial charge in [0.1, 0.15) is 5.82 Å². The summed E-state index contributed by atoms with van der Waals surface area (Å²) in [7, 11) is 0. The molecule has 0 aliphatic carbocycles. The van der Waals surface area contributed by atoms with Gasteiger partial charge in [-0.15, -0.1) is 0 Å². The SMILES string of the molecule is C=C(C)Nc1nc(C)nc(NC(C)=O)n1. The van der Waals surface area contributed by atoms with Crippen molar-refractivity contribution in [2.24, 2.45) is 0 Å². The highest BCUT2D eigenvalue weighted by atomic mass is 16.1. The lowest BCUT2D eigenvalue weighted by Gasteiger charge is -2.06. The fraction of sp³-hybridized carbons (Fsp3) is 0.333. The highest BCUT2D eigenvalue weighted by Crippen LogP contribution is 2.06. The lowest BCUT2D eigenvalue weighted by Crippen LogP contribution is -2.12. The van der Waals surface area contributed by atoms with E-state index in [9.17, 15) is 4.79 Å². The zero-order chi connectivity index (χ0) is 11.4. The molecule has 6 nitrogen and oxygen atoms in total. The van der Waals surface area contributed by atoms with E-state index in [0.29, 0.717) is 11.8 Å². The summed E-state index contributed by atoms with van der Waals surface area (Å²) >= 11 is 0. The van der Waals surface area contributed by atoms with Gasteiger partial charge in [-0.05, 0) is 13.8 Å². The Balaban J connectivity index is 2.94. The predicted molar refractivity (Wildman–Crippen MR) is 57.3 cm³/mol. The van der Waals surface area contributed by atoms with Gasteiger partial charge >= 0.3 is 0 Å². The molecule has 15 heavy (non-hydrogen) atoms. The van der Waals surface area contributed by atoms with Crippen LogP contribution in [0.25, 0.3) is 0 Å². The lowest BCUT2D eigenvalue weighted by atomic mass is 10.5. The molecule has 1 rings (SSSR count). The Hall–Kier alpha value is -1.98. The maximum absolute atomic E-state index is 10.8. The zero-order valence-corrected chi connectivity index (χ0v) is 8.96. The molecule has 0 aromatic carbocycles. The number of aryl methyl sites for hydroxylation is 1. The molecule has 80 valence electrons. The number of rotatable bonds is 3. The van der Waals surface area contributed by atoms with Crippen LogP contribution in [-0.2, 0) is 4.79 Å². The maximum atomic E-state index is 10.8. The van der Waals surface area contributed by atoms with Crippen LogP contribution < -0.4 is 10.6 Å². The Bertz CT molecular complexity index is 367. The van der Waals surface area contributed by atoms with Gasteiger partial charge in [-0.1, -0.05) is 6.58 Å². The number of hydrogen-bond donors (Lipinski definition) is 2. The van der Waals surface area contributed by atoms with Crippen LogP contribution in [0.2, 0.25) is 0 Å². The number of amides is 1. The standard InChI is InChI=1S/C9H13N5O/c1-5(2)10-8-11-6(3)12-9(14-8)13-7(4)15/h1H2,2-4H3,(H2,10,11,12,13,14,15). The molecule has 0 spiro atoms. The molecule has 1 aromatic rings. The molecule has 1 aromatic heterocycles. The van der Waals surface area contributed by atoms with Crippen LogP contribution in [0.15, 0.2) is 12.3 Å². The van der Waals surface area contributed by atoms with Gasteiger partial charge in [-0.2, -0.15) is 15.0 Å². The molecule has 0 bridgehead atoms. The van der Waals surface area contributed by atoms with Gasteiger partial charge in [0.25, 0.3) is 0 Å². The van der Waals surface area contributed by atoms with Crippen molar-refractivity contribution in [1.29, 1.82) is 0 Å². The van der Waals surface area contributed by atoms with E-state index in [1.165, 1.54) is 6.92 Å². The fourth-order valence-corrected chi connectivity index (χ4v) is 0.942. The summed E-state index contributed by atoms with van der Waals surface area (Å²) in [4.78, 5) is 22.8. The van der Waals surface area contributed by atoms with Crippen LogP contribution in [-0.4, -0.2) is 20.9 Å². The number of nitrogens with zero attached hydrogens (tertiary/aromatic N) is 3. The molecule has 1 amide bonds. The van der Waals surface area contributed by atoms with Crippen molar-refractivity contribution in [1.82, 2.24) is 15.0 Å². The average Bonchev–Trinajstić information content (AvgIpc) is 1.98. The van der Waals surface area contributed by atoms with Crippen molar-refractivity contribution in [2.75, 3.05) is 10.6 Å². The molecule has 0 aliphatic heterocycles. The summed E-state index contributed by atoms with van der Waals surface area (Å²) < 4.78 is 0. The lowest BCUT2D eigenvalue weighted by molar-refractivity contribution is -0.114. The molecule has 0 radical (unpaired) electrons. The third kappa shape index (κ3) is 3.72. The molecule has 0 unspecified atom stereocenters. The minimum Gasteiger partial charge on any atom is -0.329 e. The van der Waals surface area contributed by atoms with E-state index >= 15 is 0 Å². The normalized spacial score (nSPS) is 9.53. The van der Waals surface area contributed by atoms with Crippen molar-refractivity contribution in [3.8, 4) is 0 Å². The van der Waals surface area contributed by atoms with Gasteiger partial charge < -0.3 is 5.32 Å². The molecule has 6 heteroatoms. The number of nitrogens with one attached hydrogen (secondary N) is 2. The first-order valence-corrected chi connectivity index (χ1v) is 4.40. The Morgan fingerprint density at radius 1 is 1.13 bits per heavy atom. The average molecular weight is 207 g/mol. The van der Waals surface area contributed by atoms with Crippen LogP contribution in [0.4, 0.5) is 11.9 Å². The molecule has 0 saturated carbocycles. The summed E-state index contributed by atoms with van der Waals surface area (Å²) in [5, 5.41) is 5.34. The second kappa shape index (κ2) is 4.50. The highest BCUT2D eigenvalue weighted by molar-refractivity contribution is 5.86. The first-order chi connectivity index (χ1) is 6.97. The van der Waals surface area contributed by atoms with Gasteiger partial charge in [-0.25, -0.2) is 0 Å². The number of anilines is 2. The monoisotopic (exact) mass is 207 g/mol. The van der Waals surface area contributed by atoms with Gasteiger partial charge in [-0.3, -0.25) is 10.1 Å². The van der Waals surface area contributed by atoms with Crippen LogP contribution in [0.1, 0.15) is 19.7 Å². The summed E-state index contributed by atoms with van der Waals surface area (Å²) in [6.45, 7) is 8.57. The summed E-state index contributed by atoms with van der Waals surface area (Å²) in [5.41, 5.74) is 0.717. The third-order valence-electron chi connectivity index (χ3n) is 1.36. The van der Waals surface area contributed by atoms with Crippen LogP contribution >= 0.6 is 0 Å². The highest BCUT2D eigenvalue weighted by Gasteiger charge is 2.04. The molecule has 0 aliphatic rings. The number of carbonyl (C=O) groups is 1. The van der Waals surface area contributed by atoms with Gasteiger partial charge in [0.15, 0.2) is 0 Å². The van der Waals surface area contributed by atoms with E-state index in [-0.39, 0.29) is 11.9 Å². The van der Waals surface area contributed by atoms with Crippen molar-refractivity contribution in [2.45, 2.75) is 20.8 Å². The summed E-state index contributed by atoms with van der Waals surface area (Å²) in [6.07, 6.45) is 0. The third-order valence-corrected chi connectivity index (χ3v) is 1.36. The van der Waals surface area contributed by atoms with E-state index in [4.69, 9.17) is 0 Å². The van der Waals surface area contributed by atoms with E-state index in [2.05, 4.69) is 32.2 Å². The molecule has 0 atom stereocenters. The predicted octanol–water partition coefficient (Wildman–Crippen LogP) is 1.08. The van der Waals surface area contributed by atoms with Crippen LogP contribution in [0.5, 0.6) is 0 Å². The van der Waals surface area contributed by atoms with Crippen LogP contribution in [0.3, 0.4) is 0 Å². The number of hydrogen-bond acceptors (Lipinski definition) is 5. The number of allylic oxidation sites excluding steroid dienone is 1. The number of carbonyl (C=O) groups excluding carboxylic acids is 1. The van der Waals surface area contributed by atoms with E-state index in [1.54, 1.807) is 13.8 Å². The Morgan fingerprint density at radius 3 is 2.13 bits per heavy atom. The first kappa shape index (κ1) is 11.1. The Morgan fingerprint density at radius 2 is 1.67 bits per heavy atom. The smallest absolute Gasteiger partial charge is 0.234 e. The van der Waals surface area contributed by atoms with E-state index in [1.807, 2.05) is 0 Å². The Kier molecular flexibility index (Phi) is 3.33. The van der Waals surface area contributed by atoms with Gasteiger partial charge in [0.05, 0.1) is 0 Å². The molecule has 2 N–H and O–H groups in total. The minimum atomic E-state index is -0.220.